The van der Waals surface area contributed by atoms with Crippen LogP contribution in [0.5, 0.6) is 5.75 Å². The van der Waals surface area contributed by atoms with Crippen LogP contribution in [0.25, 0.3) is 0 Å². The molecular formula is C18H21BrO3. The third-order valence-corrected chi connectivity index (χ3v) is 3.47. The molecule has 0 radical (unpaired) electrons. The van der Waals surface area contributed by atoms with Gasteiger partial charge in [-0.2, -0.15) is 0 Å². The summed E-state index contributed by atoms with van der Waals surface area (Å²) in [5.41, 5.74) is 3.00. The lowest BCUT2D eigenvalue weighted by molar-refractivity contribution is 0.0696. The Morgan fingerprint density at radius 1 is 1.14 bits per heavy atom. The molecule has 2 rings (SSSR count). The lowest BCUT2D eigenvalue weighted by Gasteiger charge is -2.13. The maximum absolute atomic E-state index is 11.0. The van der Waals surface area contributed by atoms with Gasteiger partial charge in [-0.25, -0.2) is 4.79 Å². The zero-order chi connectivity index (χ0) is 16.7. The van der Waals surface area contributed by atoms with Crippen LogP contribution in [-0.4, -0.2) is 11.1 Å². The third-order valence-electron chi connectivity index (χ3n) is 2.98. The van der Waals surface area contributed by atoms with E-state index in [9.17, 15) is 4.79 Å². The molecule has 0 saturated heterocycles. The Balaban J connectivity index is 0.00000116. The molecule has 3 nitrogen and oxygen atoms in total. The first-order chi connectivity index (χ1) is 10.5. The lowest BCUT2D eigenvalue weighted by Crippen LogP contribution is -2.03. The second kappa shape index (κ2) is 8.59. The van der Waals surface area contributed by atoms with Crippen molar-refractivity contribution in [1.29, 1.82) is 0 Å². The van der Waals surface area contributed by atoms with E-state index in [-0.39, 0.29) is 5.56 Å². The van der Waals surface area contributed by atoms with Crippen LogP contribution in [0.1, 0.15) is 40.9 Å². The highest BCUT2D eigenvalue weighted by Gasteiger charge is 2.10. The minimum Gasteiger partial charge on any atom is -0.488 e. The molecule has 0 aliphatic heterocycles. The number of carbonyl (C=O) groups is 1. The van der Waals surface area contributed by atoms with Gasteiger partial charge in [0.1, 0.15) is 12.4 Å². The highest BCUT2D eigenvalue weighted by molar-refractivity contribution is 9.10. The maximum atomic E-state index is 11.0. The monoisotopic (exact) mass is 364 g/mol. The maximum Gasteiger partial charge on any atom is 0.335 e. The normalized spacial score (nSPS) is 9.68. The average Bonchev–Trinajstić information content (AvgIpc) is 2.48. The molecule has 0 aliphatic rings. The van der Waals surface area contributed by atoms with Crippen molar-refractivity contribution in [1.82, 2.24) is 0 Å². The minimum atomic E-state index is -0.922. The van der Waals surface area contributed by atoms with E-state index in [0.717, 1.165) is 26.9 Å². The van der Waals surface area contributed by atoms with Crippen molar-refractivity contribution in [2.24, 2.45) is 0 Å². The van der Waals surface area contributed by atoms with Crippen molar-refractivity contribution < 1.29 is 14.6 Å². The van der Waals surface area contributed by atoms with Gasteiger partial charge in [-0.05, 0) is 54.8 Å². The molecule has 0 amide bonds. The summed E-state index contributed by atoms with van der Waals surface area (Å²) in [6.45, 7) is 8.17. The fourth-order valence-corrected chi connectivity index (χ4v) is 2.53. The molecule has 0 bridgehead atoms. The van der Waals surface area contributed by atoms with Gasteiger partial charge >= 0.3 is 5.97 Å². The van der Waals surface area contributed by atoms with Gasteiger partial charge in [0.05, 0.1) is 5.56 Å². The molecular weight excluding hydrogens is 344 g/mol. The molecule has 0 spiro atoms. The van der Waals surface area contributed by atoms with Gasteiger partial charge in [0.25, 0.3) is 0 Å². The first-order valence-corrected chi connectivity index (χ1v) is 7.98. The van der Waals surface area contributed by atoms with Gasteiger partial charge in [0.2, 0.25) is 0 Å². The van der Waals surface area contributed by atoms with Crippen LogP contribution in [0.2, 0.25) is 0 Å². The Kier molecular flexibility index (Phi) is 7.12. The minimum absolute atomic E-state index is 0.287. The second-order valence-corrected chi connectivity index (χ2v) is 5.58. The number of benzene rings is 2. The Labute approximate surface area is 140 Å². The van der Waals surface area contributed by atoms with Crippen molar-refractivity contribution in [2.75, 3.05) is 0 Å². The van der Waals surface area contributed by atoms with E-state index in [1.807, 2.05) is 52.0 Å². The van der Waals surface area contributed by atoms with Crippen LogP contribution < -0.4 is 4.74 Å². The molecule has 0 fully saturated rings. The van der Waals surface area contributed by atoms with E-state index in [4.69, 9.17) is 9.84 Å². The van der Waals surface area contributed by atoms with Crippen LogP contribution in [0.4, 0.5) is 0 Å². The molecule has 0 aliphatic carbocycles. The molecule has 0 saturated carbocycles. The van der Waals surface area contributed by atoms with Crippen molar-refractivity contribution in [3.05, 3.63) is 63.1 Å². The van der Waals surface area contributed by atoms with Gasteiger partial charge < -0.3 is 9.84 Å². The van der Waals surface area contributed by atoms with E-state index in [0.29, 0.717) is 6.61 Å². The number of halogens is 1. The number of hydrogen-bond donors (Lipinski definition) is 1. The standard InChI is InChI=1S/C16H15BrO3.C2H6/c1-10-6-13(16(18)19)7-11(2)15(10)20-9-12-4-3-5-14(17)8-12;1-2/h3-8H,9H2,1-2H3,(H,18,19);1-2H3. The van der Waals surface area contributed by atoms with E-state index >= 15 is 0 Å². The van der Waals surface area contributed by atoms with Crippen LogP contribution in [-0.2, 0) is 6.61 Å². The van der Waals surface area contributed by atoms with Crippen molar-refractivity contribution in [3.8, 4) is 5.75 Å². The molecule has 2 aromatic carbocycles. The summed E-state index contributed by atoms with van der Waals surface area (Å²) < 4.78 is 6.84. The predicted octanol–water partition coefficient (Wildman–Crippen LogP) is 5.37. The molecule has 2 aromatic rings. The lowest BCUT2D eigenvalue weighted by atomic mass is 10.1. The summed E-state index contributed by atoms with van der Waals surface area (Å²) in [6, 6.07) is 11.2. The van der Waals surface area contributed by atoms with Crippen molar-refractivity contribution >= 4 is 21.9 Å². The number of aromatic carboxylic acids is 1. The number of carboxylic acid groups (broad SMARTS) is 1. The highest BCUT2D eigenvalue weighted by Crippen LogP contribution is 2.26. The summed E-state index contributed by atoms with van der Waals surface area (Å²) in [5.74, 6) is -0.176. The van der Waals surface area contributed by atoms with Crippen LogP contribution >= 0.6 is 15.9 Å². The fraction of sp³-hybridized carbons (Fsp3) is 0.278. The largest absolute Gasteiger partial charge is 0.488 e. The van der Waals surface area contributed by atoms with Gasteiger partial charge in [-0.15, -0.1) is 0 Å². The molecule has 0 aromatic heterocycles. The molecule has 0 heterocycles. The first-order valence-electron chi connectivity index (χ1n) is 7.19. The van der Waals surface area contributed by atoms with E-state index in [1.165, 1.54) is 0 Å². The van der Waals surface area contributed by atoms with Crippen LogP contribution in [0.15, 0.2) is 40.9 Å². The molecule has 4 heteroatoms. The molecule has 22 heavy (non-hydrogen) atoms. The predicted molar refractivity (Wildman–Crippen MR) is 92.7 cm³/mol. The van der Waals surface area contributed by atoms with Gasteiger partial charge in [0.15, 0.2) is 0 Å². The molecule has 0 unspecified atom stereocenters. The van der Waals surface area contributed by atoms with Crippen molar-refractivity contribution in [2.45, 2.75) is 34.3 Å². The highest BCUT2D eigenvalue weighted by atomic mass is 79.9. The van der Waals surface area contributed by atoms with Gasteiger partial charge in [-0.3, -0.25) is 0 Å². The smallest absolute Gasteiger partial charge is 0.335 e. The Hall–Kier alpha value is -1.81. The quantitative estimate of drug-likeness (QED) is 0.792. The van der Waals surface area contributed by atoms with E-state index in [1.54, 1.807) is 12.1 Å². The zero-order valence-corrected chi connectivity index (χ0v) is 14.9. The Morgan fingerprint density at radius 3 is 2.23 bits per heavy atom. The second-order valence-electron chi connectivity index (χ2n) is 4.66. The molecule has 1 N–H and O–H groups in total. The summed E-state index contributed by atoms with van der Waals surface area (Å²) in [4.78, 5) is 11.0. The van der Waals surface area contributed by atoms with E-state index < -0.39 is 5.97 Å². The fourth-order valence-electron chi connectivity index (χ4n) is 2.08. The first kappa shape index (κ1) is 18.2. The Bertz CT molecular complexity index is 628. The van der Waals surface area contributed by atoms with Crippen molar-refractivity contribution in [3.63, 3.8) is 0 Å². The topological polar surface area (TPSA) is 46.5 Å². The summed E-state index contributed by atoms with van der Waals surface area (Å²) >= 11 is 3.42. The number of rotatable bonds is 4. The zero-order valence-electron chi connectivity index (χ0n) is 13.3. The number of carboxylic acids is 1. The van der Waals surface area contributed by atoms with Crippen LogP contribution in [0.3, 0.4) is 0 Å². The third kappa shape index (κ3) is 4.88. The summed E-state index contributed by atoms with van der Waals surface area (Å²) in [5, 5.41) is 9.02. The number of hydrogen-bond acceptors (Lipinski definition) is 2. The van der Waals surface area contributed by atoms with Gasteiger partial charge in [0, 0.05) is 4.47 Å². The number of ether oxygens (including phenoxy) is 1. The summed E-state index contributed by atoms with van der Waals surface area (Å²) in [7, 11) is 0. The number of aryl methyl sites for hydroxylation is 2. The summed E-state index contributed by atoms with van der Waals surface area (Å²) in [6.07, 6.45) is 0. The SMILES string of the molecule is CC.Cc1cc(C(=O)O)cc(C)c1OCc1cccc(Br)c1. The molecule has 118 valence electrons. The molecule has 0 atom stereocenters. The van der Waals surface area contributed by atoms with Gasteiger partial charge in [-0.1, -0.05) is 41.9 Å². The van der Waals surface area contributed by atoms with E-state index in [2.05, 4.69) is 15.9 Å². The van der Waals surface area contributed by atoms with Crippen LogP contribution in [0, 0.1) is 13.8 Å². The Morgan fingerprint density at radius 2 is 1.73 bits per heavy atom. The average molecular weight is 365 g/mol.